The second kappa shape index (κ2) is 6.77. The van der Waals surface area contributed by atoms with Gasteiger partial charge in [-0.05, 0) is 31.2 Å². The molecule has 0 fully saturated rings. The van der Waals surface area contributed by atoms with Crippen LogP contribution in [0.15, 0.2) is 36.4 Å². The summed E-state index contributed by atoms with van der Waals surface area (Å²) < 4.78 is 13.4. The summed E-state index contributed by atoms with van der Waals surface area (Å²) in [5, 5.41) is -0.210. The van der Waals surface area contributed by atoms with E-state index in [0.717, 1.165) is 17.7 Å². The molecule has 0 aliphatic rings. The SMILES string of the molecule is Cc1ccc(C(=O)NNC(=O)c2cc(F)c(Cl)cc2Cl)cc1. The molecular formula is C15H11Cl2FN2O2. The fraction of sp³-hybridized carbons (Fsp3) is 0.0667. The molecule has 2 amide bonds. The highest BCUT2D eigenvalue weighted by molar-refractivity contribution is 6.36. The maximum Gasteiger partial charge on any atom is 0.271 e. The molecule has 22 heavy (non-hydrogen) atoms. The summed E-state index contributed by atoms with van der Waals surface area (Å²) in [7, 11) is 0. The van der Waals surface area contributed by atoms with Crippen LogP contribution in [-0.4, -0.2) is 11.8 Å². The molecule has 7 heteroatoms. The number of halogens is 3. The van der Waals surface area contributed by atoms with Crippen LogP contribution in [0.3, 0.4) is 0 Å². The third kappa shape index (κ3) is 3.75. The highest BCUT2D eigenvalue weighted by Gasteiger charge is 2.15. The van der Waals surface area contributed by atoms with Crippen molar-refractivity contribution in [3.8, 4) is 0 Å². The van der Waals surface area contributed by atoms with E-state index in [2.05, 4.69) is 10.9 Å². The Morgan fingerprint density at radius 2 is 1.55 bits per heavy atom. The molecule has 0 atom stereocenters. The Morgan fingerprint density at radius 1 is 0.955 bits per heavy atom. The number of carbonyl (C=O) groups excluding carboxylic acids is 2. The first-order valence-electron chi connectivity index (χ1n) is 6.20. The molecule has 0 aliphatic carbocycles. The van der Waals surface area contributed by atoms with E-state index in [1.54, 1.807) is 24.3 Å². The van der Waals surface area contributed by atoms with E-state index in [1.807, 2.05) is 6.92 Å². The van der Waals surface area contributed by atoms with Gasteiger partial charge in [-0.3, -0.25) is 20.4 Å². The molecule has 4 nitrogen and oxygen atoms in total. The lowest BCUT2D eigenvalue weighted by atomic mass is 10.1. The summed E-state index contributed by atoms with van der Waals surface area (Å²) in [5.41, 5.74) is 5.64. The van der Waals surface area contributed by atoms with Gasteiger partial charge in [-0.15, -0.1) is 0 Å². The average molecular weight is 341 g/mol. The van der Waals surface area contributed by atoms with Crippen molar-refractivity contribution < 1.29 is 14.0 Å². The van der Waals surface area contributed by atoms with E-state index in [0.29, 0.717) is 5.56 Å². The summed E-state index contributed by atoms with van der Waals surface area (Å²) in [5.74, 6) is -2.03. The van der Waals surface area contributed by atoms with Crippen LogP contribution in [0.2, 0.25) is 10.0 Å². The van der Waals surface area contributed by atoms with Crippen molar-refractivity contribution in [1.82, 2.24) is 10.9 Å². The number of amides is 2. The molecule has 0 heterocycles. The maximum absolute atomic E-state index is 13.4. The predicted molar refractivity (Wildman–Crippen MR) is 82.5 cm³/mol. The van der Waals surface area contributed by atoms with E-state index in [1.165, 1.54) is 0 Å². The number of hydrogen-bond donors (Lipinski definition) is 2. The van der Waals surface area contributed by atoms with Crippen LogP contribution in [-0.2, 0) is 0 Å². The van der Waals surface area contributed by atoms with Gasteiger partial charge in [0.1, 0.15) is 5.82 Å². The largest absolute Gasteiger partial charge is 0.271 e. The normalized spacial score (nSPS) is 10.2. The minimum atomic E-state index is -0.777. The first-order chi connectivity index (χ1) is 10.4. The minimum Gasteiger partial charge on any atom is -0.267 e. The molecule has 0 saturated carbocycles. The van der Waals surface area contributed by atoms with Crippen molar-refractivity contribution in [1.29, 1.82) is 0 Å². The van der Waals surface area contributed by atoms with Gasteiger partial charge in [-0.25, -0.2) is 4.39 Å². The summed E-state index contributed by atoms with van der Waals surface area (Å²) >= 11 is 11.4. The predicted octanol–water partition coefficient (Wildman–Crippen LogP) is 3.52. The van der Waals surface area contributed by atoms with Crippen molar-refractivity contribution in [2.24, 2.45) is 0 Å². The molecule has 0 aromatic heterocycles. The van der Waals surface area contributed by atoms with E-state index in [-0.39, 0.29) is 15.6 Å². The van der Waals surface area contributed by atoms with Gasteiger partial charge in [0.15, 0.2) is 0 Å². The summed E-state index contributed by atoms with van der Waals surface area (Å²) in [4.78, 5) is 23.7. The number of rotatable bonds is 2. The van der Waals surface area contributed by atoms with Gasteiger partial charge in [-0.1, -0.05) is 40.9 Å². The standard InChI is InChI=1S/C15H11Cl2FN2O2/c1-8-2-4-9(5-3-8)14(21)19-20-15(22)10-6-13(18)12(17)7-11(10)16/h2-7H,1H3,(H,19,21)(H,20,22). The van der Waals surface area contributed by atoms with Gasteiger partial charge in [0.2, 0.25) is 0 Å². The van der Waals surface area contributed by atoms with Crippen molar-refractivity contribution in [3.63, 3.8) is 0 Å². The van der Waals surface area contributed by atoms with Crippen LogP contribution in [0.25, 0.3) is 0 Å². The van der Waals surface area contributed by atoms with Crippen LogP contribution < -0.4 is 10.9 Å². The lowest BCUT2D eigenvalue weighted by molar-refractivity contribution is 0.0846. The Balaban J connectivity index is 2.05. The molecule has 0 bridgehead atoms. The molecule has 0 aliphatic heterocycles. The fourth-order valence-electron chi connectivity index (χ4n) is 1.65. The summed E-state index contributed by atoms with van der Waals surface area (Å²) in [6.45, 7) is 1.89. The Labute approximate surface area is 136 Å². The van der Waals surface area contributed by atoms with Crippen molar-refractivity contribution in [3.05, 3.63) is 69.0 Å². The quantitative estimate of drug-likeness (QED) is 0.649. The maximum atomic E-state index is 13.4. The number of benzene rings is 2. The van der Waals surface area contributed by atoms with Crippen molar-refractivity contribution >= 4 is 35.0 Å². The lowest BCUT2D eigenvalue weighted by Gasteiger charge is -2.09. The Bertz CT molecular complexity index is 733. The molecule has 2 rings (SSSR count). The molecule has 2 N–H and O–H groups in total. The molecule has 0 unspecified atom stereocenters. The van der Waals surface area contributed by atoms with Gasteiger partial charge >= 0.3 is 0 Å². The Morgan fingerprint density at radius 3 is 2.18 bits per heavy atom. The monoisotopic (exact) mass is 340 g/mol. The van der Waals surface area contributed by atoms with E-state index in [4.69, 9.17) is 23.2 Å². The van der Waals surface area contributed by atoms with Crippen LogP contribution in [0.1, 0.15) is 26.3 Å². The highest BCUT2D eigenvalue weighted by Crippen LogP contribution is 2.24. The van der Waals surface area contributed by atoms with Crippen molar-refractivity contribution in [2.45, 2.75) is 6.92 Å². The van der Waals surface area contributed by atoms with Gasteiger partial charge in [-0.2, -0.15) is 0 Å². The van der Waals surface area contributed by atoms with Crippen LogP contribution in [0, 0.1) is 12.7 Å². The van der Waals surface area contributed by atoms with Gasteiger partial charge in [0.05, 0.1) is 15.6 Å². The molecular weight excluding hydrogens is 330 g/mol. The molecule has 2 aromatic carbocycles. The lowest BCUT2D eigenvalue weighted by Crippen LogP contribution is -2.41. The first kappa shape index (κ1) is 16.3. The topological polar surface area (TPSA) is 58.2 Å². The molecule has 0 radical (unpaired) electrons. The number of aryl methyl sites for hydroxylation is 1. The van der Waals surface area contributed by atoms with Crippen LogP contribution >= 0.6 is 23.2 Å². The third-order valence-corrected chi connectivity index (χ3v) is 3.46. The second-order valence-electron chi connectivity index (χ2n) is 4.52. The molecule has 2 aromatic rings. The van der Waals surface area contributed by atoms with Crippen LogP contribution in [0.5, 0.6) is 0 Å². The number of hydrogen-bond acceptors (Lipinski definition) is 2. The molecule has 0 saturated heterocycles. The number of nitrogens with one attached hydrogen (secondary N) is 2. The Kier molecular flexibility index (Phi) is 5.00. The molecule has 0 spiro atoms. The van der Waals surface area contributed by atoms with E-state index < -0.39 is 17.6 Å². The van der Waals surface area contributed by atoms with Gasteiger partial charge in [0, 0.05) is 5.56 Å². The second-order valence-corrected chi connectivity index (χ2v) is 5.33. The highest BCUT2D eigenvalue weighted by atomic mass is 35.5. The third-order valence-electron chi connectivity index (χ3n) is 2.86. The first-order valence-corrected chi connectivity index (χ1v) is 6.96. The van der Waals surface area contributed by atoms with Gasteiger partial charge in [0.25, 0.3) is 11.8 Å². The van der Waals surface area contributed by atoms with E-state index >= 15 is 0 Å². The van der Waals surface area contributed by atoms with Crippen molar-refractivity contribution in [2.75, 3.05) is 0 Å². The van der Waals surface area contributed by atoms with E-state index in [9.17, 15) is 14.0 Å². The average Bonchev–Trinajstić information content (AvgIpc) is 2.49. The Hall–Kier alpha value is -2.11. The zero-order valence-corrected chi connectivity index (χ0v) is 12.9. The molecule has 114 valence electrons. The fourth-order valence-corrected chi connectivity index (χ4v) is 2.12. The van der Waals surface area contributed by atoms with Crippen LogP contribution in [0.4, 0.5) is 4.39 Å². The number of hydrazine groups is 1. The zero-order valence-electron chi connectivity index (χ0n) is 11.4. The minimum absolute atomic E-state index is 0.0199. The summed E-state index contributed by atoms with van der Waals surface area (Å²) in [6, 6.07) is 8.79. The smallest absolute Gasteiger partial charge is 0.267 e. The number of carbonyl (C=O) groups is 2. The summed E-state index contributed by atoms with van der Waals surface area (Å²) in [6.07, 6.45) is 0. The zero-order chi connectivity index (χ0) is 16.3. The van der Waals surface area contributed by atoms with Gasteiger partial charge < -0.3 is 0 Å².